The number of rotatable bonds is 12. The predicted molar refractivity (Wildman–Crippen MR) is 87.5 cm³/mol. The summed E-state index contributed by atoms with van der Waals surface area (Å²) in [5, 5.41) is 34.1. The van der Waals surface area contributed by atoms with Gasteiger partial charge >= 0.3 is 88.7 Å². The average molecular weight is 456 g/mol. The third kappa shape index (κ3) is 70.5. The molecular formula is C15H31Na3O9S. The normalized spacial score (nSPS) is 9.39. The van der Waals surface area contributed by atoms with Gasteiger partial charge in [0.15, 0.2) is 0 Å². The minimum atomic E-state index is -5.17. The van der Waals surface area contributed by atoms with Gasteiger partial charge in [0, 0.05) is 16.4 Å². The van der Waals surface area contributed by atoms with E-state index in [4.69, 9.17) is 32.8 Å². The fourth-order valence-electron chi connectivity index (χ4n) is 1.64. The molecule has 154 valence electrons. The minimum absolute atomic E-state index is 0. The first-order chi connectivity index (χ1) is 11.6. The predicted octanol–water partition coefficient (Wildman–Crippen LogP) is -9.34. The van der Waals surface area contributed by atoms with Crippen LogP contribution < -0.4 is 93.8 Å². The maximum atomic E-state index is 10.1. The Morgan fingerprint density at radius 1 is 0.821 bits per heavy atom. The molecule has 0 aromatic heterocycles. The number of carbonyl (C=O) groups excluding carboxylic acids is 1. The first kappa shape index (κ1) is 44.0. The second kappa shape index (κ2) is 33.8. The quantitative estimate of drug-likeness (QED) is 0.111. The van der Waals surface area contributed by atoms with Gasteiger partial charge in [0.2, 0.25) is 0 Å². The Morgan fingerprint density at radius 3 is 1.32 bits per heavy atom. The molecule has 0 atom stereocenters. The maximum Gasteiger partial charge on any atom is 1.00 e. The van der Waals surface area contributed by atoms with Crippen LogP contribution in [0.15, 0.2) is 0 Å². The smallest absolute Gasteiger partial charge is 0.759 e. The molecule has 0 saturated carbocycles. The molecule has 0 aromatic carbocycles. The van der Waals surface area contributed by atoms with E-state index >= 15 is 0 Å². The van der Waals surface area contributed by atoms with Crippen molar-refractivity contribution in [3.05, 3.63) is 0 Å². The molecule has 0 aliphatic rings. The van der Waals surface area contributed by atoms with E-state index in [1.807, 2.05) is 0 Å². The zero-order valence-corrected chi connectivity index (χ0v) is 24.6. The Bertz CT molecular complexity index is 373. The van der Waals surface area contributed by atoms with Crippen LogP contribution >= 0.6 is 0 Å². The largest absolute Gasteiger partial charge is 1.00 e. The van der Waals surface area contributed by atoms with Crippen molar-refractivity contribution in [2.75, 3.05) is 13.2 Å². The number of aliphatic hydroxyl groups excluding tert-OH is 3. The van der Waals surface area contributed by atoms with Gasteiger partial charge < -0.3 is 34.3 Å². The standard InChI is InChI=1S/C12H24O2.C3H8O3.3Na.H2O4S/c1-2-3-4-5-6-7-8-9-10-11-12(13)14;4-1-3(6)2-5;;;;1-5(2,3)4/h2-11H2,1H3,(H,13,14);3-6H,1-2H2;;;;(H2,1,2,3,4)/q;;3*+1;/p-3. The van der Waals surface area contributed by atoms with E-state index in [0.29, 0.717) is 0 Å². The van der Waals surface area contributed by atoms with E-state index in [9.17, 15) is 9.90 Å². The topological polar surface area (TPSA) is 181 Å². The monoisotopic (exact) mass is 456 g/mol. The first-order valence-corrected chi connectivity index (χ1v) is 9.68. The van der Waals surface area contributed by atoms with Crippen LogP contribution in [0.4, 0.5) is 0 Å². The molecule has 0 bridgehead atoms. The van der Waals surface area contributed by atoms with Crippen LogP contribution in [0.5, 0.6) is 0 Å². The number of hydrogen-bond acceptors (Lipinski definition) is 9. The molecule has 0 rings (SSSR count). The van der Waals surface area contributed by atoms with Crippen LogP contribution in [0.25, 0.3) is 0 Å². The fraction of sp³-hybridized carbons (Fsp3) is 0.933. The van der Waals surface area contributed by atoms with Gasteiger partial charge in [-0.2, -0.15) is 0 Å². The number of aliphatic carboxylic acids is 1. The fourth-order valence-corrected chi connectivity index (χ4v) is 1.64. The van der Waals surface area contributed by atoms with E-state index in [2.05, 4.69) is 6.92 Å². The van der Waals surface area contributed by atoms with Gasteiger partial charge in [0.05, 0.1) is 13.2 Å². The van der Waals surface area contributed by atoms with E-state index in [-0.39, 0.29) is 108 Å². The van der Waals surface area contributed by atoms with E-state index in [0.717, 1.165) is 12.8 Å². The van der Waals surface area contributed by atoms with Crippen molar-refractivity contribution in [3.8, 4) is 0 Å². The Kier molecular flexibility index (Phi) is 53.2. The molecule has 13 heteroatoms. The summed E-state index contributed by atoms with van der Waals surface area (Å²) in [6, 6.07) is 0. The Hall–Kier alpha value is 2.22. The summed E-state index contributed by atoms with van der Waals surface area (Å²) in [4.78, 5) is 10.1. The number of carboxylic acid groups (broad SMARTS) is 1. The third-order valence-corrected chi connectivity index (χ3v) is 2.91. The number of carbonyl (C=O) groups is 1. The SMILES string of the molecule is CCCCCCCCCCCC(=O)[O-].O=S(=O)([O-])[O-].OCC(O)CO.[Na+].[Na+].[Na+]. The van der Waals surface area contributed by atoms with Gasteiger partial charge in [-0.1, -0.05) is 58.3 Å². The summed E-state index contributed by atoms with van der Waals surface area (Å²) in [6.45, 7) is 1.49. The van der Waals surface area contributed by atoms with Gasteiger partial charge in [0.25, 0.3) is 0 Å². The van der Waals surface area contributed by atoms with Crippen LogP contribution in [0.1, 0.15) is 71.1 Å². The molecule has 0 heterocycles. The number of aliphatic hydroxyl groups is 3. The third-order valence-electron chi connectivity index (χ3n) is 2.91. The number of unbranched alkanes of at least 4 members (excludes halogenated alkanes) is 8. The van der Waals surface area contributed by atoms with Crippen molar-refractivity contribution < 1.29 is 131 Å². The molecule has 0 aliphatic heterocycles. The molecule has 0 aromatic rings. The Balaban J connectivity index is -0.0000000731. The molecule has 0 fully saturated rings. The van der Waals surface area contributed by atoms with Crippen LogP contribution in [-0.4, -0.2) is 58.1 Å². The minimum Gasteiger partial charge on any atom is -0.759 e. The molecule has 0 spiro atoms. The van der Waals surface area contributed by atoms with Crippen LogP contribution in [0.3, 0.4) is 0 Å². The molecular weight excluding hydrogens is 425 g/mol. The molecule has 3 N–H and O–H groups in total. The summed E-state index contributed by atoms with van der Waals surface area (Å²) in [7, 11) is -5.17. The van der Waals surface area contributed by atoms with Gasteiger partial charge in [-0.05, 0) is 12.8 Å². The second-order valence-electron chi connectivity index (χ2n) is 5.38. The first-order valence-electron chi connectivity index (χ1n) is 8.34. The summed E-state index contributed by atoms with van der Waals surface area (Å²) >= 11 is 0. The molecule has 0 unspecified atom stereocenters. The van der Waals surface area contributed by atoms with E-state index in [1.54, 1.807) is 0 Å². The summed E-state index contributed by atoms with van der Waals surface area (Å²) in [6.07, 6.45) is 10.2. The molecule has 0 aliphatic carbocycles. The van der Waals surface area contributed by atoms with Crippen molar-refractivity contribution in [2.24, 2.45) is 0 Å². The maximum absolute atomic E-state index is 10.1. The van der Waals surface area contributed by atoms with Crippen LogP contribution in [-0.2, 0) is 15.2 Å². The van der Waals surface area contributed by atoms with Crippen LogP contribution in [0.2, 0.25) is 0 Å². The van der Waals surface area contributed by atoms with E-state index < -0.39 is 22.5 Å². The van der Waals surface area contributed by atoms with Gasteiger partial charge in [-0.25, -0.2) is 0 Å². The molecule has 0 radical (unpaired) electrons. The molecule has 0 saturated heterocycles. The zero-order valence-electron chi connectivity index (χ0n) is 17.8. The summed E-state index contributed by atoms with van der Waals surface area (Å²) in [5.41, 5.74) is 0. The number of carboxylic acids is 1. The zero-order chi connectivity index (χ0) is 20.1. The van der Waals surface area contributed by atoms with Gasteiger partial charge in [-0.15, -0.1) is 0 Å². The van der Waals surface area contributed by atoms with Crippen molar-refractivity contribution in [1.82, 2.24) is 0 Å². The molecule has 9 nitrogen and oxygen atoms in total. The summed E-state index contributed by atoms with van der Waals surface area (Å²) in [5.74, 6) is -0.909. The average Bonchev–Trinajstić information content (AvgIpc) is 2.51. The second-order valence-corrected chi connectivity index (χ2v) is 6.19. The van der Waals surface area contributed by atoms with Crippen molar-refractivity contribution in [1.29, 1.82) is 0 Å². The molecule has 28 heavy (non-hydrogen) atoms. The Labute approximate surface area is 235 Å². The molecule has 0 amide bonds. The number of hydrogen-bond donors (Lipinski definition) is 3. The van der Waals surface area contributed by atoms with Crippen molar-refractivity contribution in [3.63, 3.8) is 0 Å². The Morgan fingerprint density at radius 2 is 1.11 bits per heavy atom. The summed E-state index contributed by atoms with van der Waals surface area (Å²) < 4.78 is 34.1. The van der Waals surface area contributed by atoms with Gasteiger partial charge in [-0.3, -0.25) is 8.42 Å². The van der Waals surface area contributed by atoms with Crippen molar-refractivity contribution >= 4 is 16.4 Å². The van der Waals surface area contributed by atoms with Crippen LogP contribution in [0, 0.1) is 0 Å². The van der Waals surface area contributed by atoms with E-state index in [1.165, 1.54) is 44.9 Å². The van der Waals surface area contributed by atoms with Crippen molar-refractivity contribution in [2.45, 2.75) is 77.2 Å². The van der Waals surface area contributed by atoms with Gasteiger partial charge in [0.1, 0.15) is 6.10 Å².